The summed E-state index contributed by atoms with van der Waals surface area (Å²) in [7, 11) is 1.79. The molecule has 0 atom stereocenters. The van der Waals surface area contributed by atoms with Crippen molar-refractivity contribution in [2.75, 3.05) is 7.05 Å². The van der Waals surface area contributed by atoms with Gasteiger partial charge in [-0.25, -0.2) is 4.98 Å². The molecule has 0 aliphatic carbocycles. The second-order valence-corrected chi connectivity index (χ2v) is 8.77. The summed E-state index contributed by atoms with van der Waals surface area (Å²) < 4.78 is 0. The number of aryl methyl sites for hydroxylation is 1. The maximum absolute atomic E-state index is 12.7. The maximum Gasteiger partial charge on any atom is 0.263 e. The third-order valence-electron chi connectivity index (χ3n) is 4.82. The second-order valence-electron chi connectivity index (χ2n) is 7.33. The summed E-state index contributed by atoms with van der Waals surface area (Å²) >= 11 is 7.40. The Hall–Kier alpha value is -2.70. The van der Waals surface area contributed by atoms with Crippen molar-refractivity contribution in [3.63, 3.8) is 0 Å². The number of amides is 2. The van der Waals surface area contributed by atoms with Crippen molar-refractivity contribution in [1.29, 1.82) is 0 Å². The number of rotatable bonds is 6. The fourth-order valence-electron chi connectivity index (χ4n) is 2.82. The van der Waals surface area contributed by atoms with Crippen molar-refractivity contribution < 1.29 is 9.59 Å². The molecule has 0 radical (unpaired) electrons. The third-order valence-corrected chi connectivity index (χ3v) is 6.26. The quantitative estimate of drug-likeness (QED) is 0.573. The predicted octanol–water partition coefficient (Wildman–Crippen LogP) is 5.18. The highest BCUT2D eigenvalue weighted by atomic mass is 35.5. The minimum Gasteiger partial charge on any atom is -0.347 e. The van der Waals surface area contributed by atoms with Gasteiger partial charge < -0.3 is 10.2 Å². The van der Waals surface area contributed by atoms with Crippen LogP contribution in [0.1, 0.15) is 45.1 Å². The first-order valence-corrected chi connectivity index (χ1v) is 10.8. The van der Waals surface area contributed by atoms with Crippen LogP contribution in [0.2, 0.25) is 5.02 Å². The summed E-state index contributed by atoms with van der Waals surface area (Å²) in [5, 5.41) is 4.33. The molecule has 0 aliphatic heterocycles. The lowest BCUT2D eigenvalue weighted by Gasteiger charge is -2.21. The number of carbonyl (C=O) groups excluding carboxylic acids is 2. The molecule has 1 aromatic heterocycles. The molecule has 0 aliphatic rings. The molecule has 1 N–H and O–H groups in total. The molecule has 0 saturated carbocycles. The van der Waals surface area contributed by atoms with Crippen LogP contribution in [0, 0.1) is 6.92 Å². The molecule has 0 fully saturated rings. The summed E-state index contributed by atoms with van der Waals surface area (Å²) in [5.74, 6) is -0.188. The monoisotopic (exact) mass is 441 g/mol. The van der Waals surface area contributed by atoms with E-state index in [1.54, 1.807) is 30.1 Å². The molecule has 0 spiro atoms. The van der Waals surface area contributed by atoms with Gasteiger partial charge in [0.1, 0.15) is 9.88 Å². The summed E-state index contributed by atoms with van der Waals surface area (Å²) in [6.45, 7) is 6.14. The highest BCUT2D eigenvalue weighted by molar-refractivity contribution is 7.17. The van der Waals surface area contributed by atoms with Gasteiger partial charge in [0.25, 0.3) is 11.8 Å². The Bertz CT molecular complexity index is 1060. The van der Waals surface area contributed by atoms with Crippen molar-refractivity contribution in [1.82, 2.24) is 15.2 Å². The zero-order valence-electron chi connectivity index (χ0n) is 17.4. The van der Waals surface area contributed by atoms with Gasteiger partial charge in [0, 0.05) is 35.8 Å². The van der Waals surface area contributed by atoms with Crippen LogP contribution in [-0.4, -0.2) is 34.8 Å². The number of hydrogen-bond donors (Lipinski definition) is 1. The van der Waals surface area contributed by atoms with Crippen molar-refractivity contribution in [2.24, 2.45) is 0 Å². The Balaban J connectivity index is 1.65. The number of thiazole rings is 1. The van der Waals surface area contributed by atoms with Crippen LogP contribution in [0.4, 0.5) is 0 Å². The Morgan fingerprint density at radius 3 is 2.50 bits per heavy atom. The van der Waals surface area contributed by atoms with Gasteiger partial charge in [-0.2, -0.15) is 0 Å². The van der Waals surface area contributed by atoms with Gasteiger partial charge in [0.15, 0.2) is 0 Å². The molecule has 5 nitrogen and oxygen atoms in total. The summed E-state index contributed by atoms with van der Waals surface area (Å²) in [6.07, 6.45) is 0. The fourth-order valence-corrected chi connectivity index (χ4v) is 3.99. The third kappa shape index (κ3) is 5.07. The van der Waals surface area contributed by atoms with E-state index in [9.17, 15) is 9.59 Å². The number of aromatic nitrogens is 1. The minimum atomic E-state index is -0.169. The Morgan fingerprint density at radius 2 is 1.87 bits per heavy atom. The van der Waals surface area contributed by atoms with Gasteiger partial charge in [-0.3, -0.25) is 9.59 Å². The Morgan fingerprint density at radius 1 is 1.17 bits per heavy atom. The van der Waals surface area contributed by atoms with Crippen LogP contribution >= 0.6 is 22.9 Å². The smallest absolute Gasteiger partial charge is 0.263 e. The van der Waals surface area contributed by atoms with Crippen molar-refractivity contribution in [2.45, 2.75) is 33.4 Å². The van der Waals surface area contributed by atoms with Crippen LogP contribution < -0.4 is 5.32 Å². The molecule has 2 aromatic carbocycles. The first kappa shape index (κ1) is 22.0. The molecule has 156 valence electrons. The van der Waals surface area contributed by atoms with Crippen LogP contribution in [0.25, 0.3) is 10.6 Å². The average molecular weight is 442 g/mol. The maximum atomic E-state index is 12.7. The van der Waals surface area contributed by atoms with Gasteiger partial charge in [0.2, 0.25) is 0 Å². The van der Waals surface area contributed by atoms with Gasteiger partial charge in [-0.1, -0.05) is 35.9 Å². The molecule has 0 bridgehead atoms. The Kier molecular flexibility index (Phi) is 6.90. The molecule has 3 rings (SSSR count). The lowest BCUT2D eigenvalue weighted by molar-refractivity contribution is 0.0754. The minimum absolute atomic E-state index is 0.0191. The van der Waals surface area contributed by atoms with Crippen LogP contribution in [-0.2, 0) is 6.54 Å². The highest BCUT2D eigenvalue weighted by Gasteiger charge is 2.17. The van der Waals surface area contributed by atoms with E-state index in [2.05, 4.69) is 10.3 Å². The topological polar surface area (TPSA) is 62.3 Å². The lowest BCUT2D eigenvalue weighted by atomic mass is 10.1. The average Bonchev–Trinajstić information content (AvgIpc) is 3.13. The Labute approximate surface area is 185 Å². The number of benzene rings is 2. The fraction of sp³-hybridized carbons (Fsp3) is 0.261. The largest absolute Gasteiger partial charge is 0.347 e. The molecule has 7 heteroatoms. The molecule has 1 heterocycles. The molecule has 3 aromatic rings. The summed E-state index contributed by atoms with van der Waals surface area (Å²) in [4.78, 5) is 31.8. The predicted molar refractivity (Wildman–Crippen MR) is 122 cm³/mol. The zero-order chi connectivity index (χ0) is 21.8. The van der Waals surface area contributed by atoms with Crippen molar-refractivity contribution in [3.8, 4) is 10.6 Å². The van der Waals surface area contributed by atoms with E-state index in [0.29, 0.717) is 27.7 Å². The van der Waals surface area contributed by atoms with Gasteiger partial charge in [-0.15, -0.1) is 11.3 Å². The van der Waals surface area contributed by atoms with E-state index in [-0.39, 0.29) is 17.9 Å². The SMILES string of the molecule is Cc1nc(-c2cccc(Cl)c2)sc1C(=O)NCc1ccc(C(=O)N(C)C(C)C)cc1. The van der Waals surface area contributed by atoms with Crippen LogP contribution in [0.5, 0.6) is 0 Å². The first-order chi connectivity index (χ1) is 14.3. The standard InChI is InChI=1S/C23H24ClN3O2S/c1-14(2)27(4)23(29)17-10-8-16(9-11-17)13-25-21(28)20-15(3)26-22(30-20)18-6-5-7-19(24)12-18/h5-12,14H,13H2,1-4H3,(H,25,28). The van der Waals surface area contributed by atoms with E-state index >= 15 is 0 Å². The molecular weight excluding hydrogens is 418 g/mol. The van der Waals surface area contributed by atoms with Crippen LogP contribution in [0.3, 0.4) is 0 Å². The van der Waals surface area contributed by atoms with E-state index < -0.39 is 0 Å². The summed E-state index contributed by atoms with van der Waals surface area (Å²) in [5.41, 5.74) is 3.13. The number of nitrogens with one attached hydrogen (secondary N) is 1. The van der Waals surface area contributed by atoms with Crippen molar-refractivity contribution >= 4 is 34.8 Å². The molecule has 30 heavy (non-hydrogen) atoms. The molecule has 2 amide bonds. The molecule has 0 saturated heterocycles. The van der Waals surface area contributed by atoms with E-state index in [1.165, 1.54) is 11.3 Å². The zero-order valence-corrected chi connectivity index (χ0v) is 19.0. The number of hydrogen-bond acceptors (Lipinski definition) is 4. The van der Waals surface area contributed by atoms with Gasteiger partial charge >= 0.3 is 0 Å². The van der Waals surface area contributed by atoms with Gasteiger partial charge in [-0.05, 0) is 50.6 Å². The van der Waals surface area contributed by atoms with E-state index in [4.69, 9.17) is 11.6 Å². The van der Waals surface area contributed by atoms with E-state index in [1.807, 2.05) is 51.1 Å². The number of carbonyl (C=O) groups is 2. The highest BCUT2D eigenvalue weighted by Crippen LogP contribution is 2.29. The van der Waals surface area contributed by atoms with Crippen LogP contribution in [0.15, 0.2) is 48.5 Å². The number of halogens is 1. The normalized spacial score (nSPS) is 10.9. The molecular formula is C23H24ClN3O2S. The number of nitrogens with zero attached hydrogens (tertiary/aromatic N) is 2. The lowest BCUT2D eigenvalue weighted by Crippen LogP contribution is -2.32. The molecule has 0 unspecified atom stereocenters. The second kappa shape index (κ2) is 9.41. The first-order valence-electron chi connectivity index (χ1n) is 9.64. The summed E-state index contributed by atoms with van der Waals surface area (Å²) in [6, 6.07) is 14.9. The van der Waals surface area contributed by atoms with Crippen molar-refractivity contribution in [3.05, 3.63) is 75.3 Å². The van der Waals surface area contributed by atoms with E-state index in [0.717, 1.165) is 16.1 Å². The van der Waals surface area contributed by atoms with Gasteiger partial charge in [0.05, 0.1) is 5.69 Å².